The van der Waals surface area contributed by atoms with E-state index in [-0.39, 0.29) is 0 Å². The van der Waals surface area contributed by atoms with E-state index in [0.29, 0.717) is 12.1 Å². The lowest BCUT2D eigenvalue weighted by Crippen LogP contribution is -2.47. The van der Waals surface area contributed by atoms with Crippen molar-refractivity contribution in [3.8, 4) is 0 Å². The summed E-state index contributed by atoms with van der Waals surface area (Å²) in [7, 11) is 0. The van der Waals surface area contributed by atoms with Crippen LogP contribution in [0.4, 0.5) is 0 Å². The summed E-state index contributed by atoms with van der Waals surface area (Å²) in [4.78, 5) is 0. The van der Waals surface area contributed by atoms with Gasteiger partial charge in [-0.05, 0) is 31.4 Å². The molecule has 0 spiro atoms. The molecule has 1 aromatic carbocycles. The first-order valence-corrected chi connectivity index (χ1v) is 6.39. The van der Waals surface area contributed by atoms with Crippen LogP contribution in [0, 0.1) is 0 Å². The van der Waals surface area contributed by atoms with Crippen molar-refractivity contribution in [1.82, 2.24) is 5.32 Å². The molecular weight excluding hydrogens is 196 g/mol. The average molecular weight is 218 g/mol. The molecule has 0 aromatic heterocycles. The number of hydrogen-bond donors (Lipinski definition) is 2. The van der Waals surface area contributed by atoms with Crippen LogP contribution in [0.25, 0.3) is 0 Å². The first-order chi connectivity index (χ1) is 7.86. The second kappa shape index (κ2) is 6.02. The summed E-state index contributed by atoms with van der Waals surface area (Å²) in [6.45, 7) is 1.04. The molecule has 2 nitrogen and oxygen atoms in total. The maximum atomic E-state index is 6.10. The molecule has 3 N–H and O–H groups in total. The van der Waals surface area contributed by atoms with Gasteiger partial charge in [0.25, 0.3) is 0 Å². The van der Waals surface area contributed by atoms with E-state index in [9.17, 15) is 0 Å². The van der Waals surface area contributed by atoms with Crippen molar-refractivity contribution >= 4 is 0 Å². The second-order valence-electron chi connectivity index (χ2n) is 4.74. The third-order valence-electron chi connectivity index (χ3n) is 3.48. The predicted octanol–water partition coefficient (Wildman–Crippen LogP) is 2.09. The zero-order chi connectivity index (χ0) is 11.2. The molecule has 0 unspecified atom stereocenters. The van der Waals surface area contributed by atoms with Gasteiger partial charge in [-0.25, -0.2) is 0 Å². The Morgan fingerprint density at radius 2 is 1.88 bits per heavy atom. The summed E-state index contributed by atoms with van der Waals surface area (Å²) < 4.78 is 0. The molecule has 1 aliphatic rings. The highest BCUT2D eigenvalue weighted by Crippen LogP contribution is 2.16. The van der Waals surface area contributed by atoms with E-state index in [1.54, 1.807) is 0 Å². The van der Waals surface area contributed by atoms with E-state index in [4.69, 9.17) is 5.73 Å². The molecule has 0 saturated heterocycles. The molecule has 1 fully saturated rings. The van der Waals surface area contributed by atoms with Gasteiger partial charge in [0.2, 0.25) is 0 Å². The molecule has 16 heavy (non-hydrogen) atoms. The minimum atomic E-state index is 0.365. The lowest BCUT2D eigenvalue weighted by molar-refractivity contribution is 0.329. The van der Waals surface area contributed by atoms with Crippen LogP contribution in [0.15, 0.2) is 30.3 Å². The van der Waals surface area contributed by atoms with Crippen LogP contribution in [0.2, 0.25) is 0 Å². The zero-order valence-corrected chi connectivity index (χ0v) is 9.86. The number of nitrogens with two attached hydrogens (primary N) is 1. The smallest absolute Gasteiger partial charge is 0.0219 e. The van der Waals surface area contributed by atoms with Crippen LogP contribution in [-0.4, -0.2) is 18.6 Å². The Morgan fingerprint density at radius 3 is 2.62 bits per heavy atom. The molecule has 1 aliphatic carbocycles. The SMILES string of the molecule is N[C@@H]1CCCC[C@@H]1NCCc1ccccc1. The van der Waals surface area contributed by atoms with Crippen molar-refractivity contribution in [3.63, 3.8) is 0 Å². The first kappa shape index (κ1) is 11.6. The normalized spacial score (nSPS) is 25.6. The predicted molar refractivity (Wildman–Crippen MR) is 68.4 cm³/mol. The topological polar surface area (TPSA) is 38.0 Å². The Kier molecular flexibility index (Phi) is 4.37. The molecular formula is C14H22N2. The van der Waals surface area contributed by atoms with Crippen molar-refractivity contribution in [3.05, 3.63) is 35.9 Å². The van der Waals surface area contributed by atoms with Crippen molar-refractivity contribution in [2.75, 3.05) is 6.54 Å². The zero-order valence-electron chi connectivity index (χ0n) is 9.86. The summed E-state index contributed by atoms with van der Waals surface area (Å²) in [5.74, 6) is 0. The molecule has 0 radical (unpaired) electrons. The Labute approximate surface area is 98.2 Å². The molecule has 0 heterocycles. The maximum Gasteiger partial charge on any atom is 0.0219 e. The van der Waals surface area contributed by atoms with E-state index in [0.717, 1.165) is 13.0 Å². The van der Waals surface area contributed by atoms with E-state index in [1.165, 1.54) is 31.2 Å². The molecule has 0 aliphatic heterocycles. The fourth-order valence-corrected chi connectivity index (χ4v) is 2.46. The van der Waals surface area contributed by atoms with Gasteiger partial charge in [0, 0.05) is 12.1 Å². The van der Waals surface area contributed by atoms with Gasteiger partial charge >= 0.3 is 0 Å². The lowest BCUT2D eigenvalue weighted by Gasteiger charge is -2.29. The van der Waals surface area contributed by atoms with Crippen molar-refractivity contribution in [2.24, 2.45) is 5.73 Å². The van der Waals surface area contributed by atoms with Gasteiger partial charge in [0.05, 0.1) is 0 Å². The van der Waals surface area contributed by atoms with Gasteiger partial charge < -0.3 is 11.1 Å². The first-order valence-electron chi connectivity index (χ1n) is 6.39. The maximum absolute atomic E-state index is 6.10. The molecule has 88 valence electrons. The number of rotatable bonds is 4. The summed E-state index contributed by atoms with van der Waals surface area (Å²) in [5, 5.41) is 3.59. The van der Waals surface area contributed by atoms with Crippen LogP contribution in [0.1, 0.15) is 31.2 Å². The van der Waals surface area contributed by atoms with E-state index >= 15 is 0 Å². The highest BCUT2D eigenvalue weighted by atomic mass is 14.9. The Bertz CT molecular complexity index is 297. The second-order valence-corrected chi connectivity index (χ2v) is 4.74. The summed E-state index contributed by atoms with van der Waals surface area (Å²) >= 11 is 0. The minimum absolute atomic E-state index is 0.365. The van der Waals surface area contributed by atoms with Crippen LogP contribution < -0.4 is 11.1 Å². The Balaban J connectivity index is 1.71. The van der Waals surface area contributed by atoms with Gasteiger partial charge in [0.15, 0.2) is 0 Å². The molecule has 2 heteroatoms. The molecule has 0 bridgehead atoms. The van der Waals surface area contributed by atoms with Crippen LogP contribution in [0.3, 0.4) is 0 Å². The third-order valence-corrected chi connectivity index (χ3v) is 3.48. The highest BCUT2D eigenvalue weighted by Gasteiger charge is 2.20. The van der Waals surface area contributed by atoms with Crippen molar-refractivity contribution in [2.45, 2.75) is 44.2 Å². The fraction of sp³-hybridized carbons (Fsp3) is 0.571. The van der Waals surface area contributed by atoms with E-state index in [1.807, 2.05) is 0 Å². The monoisotopic (exact) mass is 218 g/mol. The van der Waals surface area contributed by atoms with E-state index < -0.39 is 0 Å². The fourth-order valence-electron chi connectivity index (χ4n) is 2.46. The largest absolute Gasteiger partial charge is 0.326 e. The number of benzene rings is 1. The quantitative estimate of drug-likeness (QED) is 0.812. The average Bonchev–Trinajstić information content (AvgIpc) is 2.33. The van der Waals surface area contributed by atoms with Crippen LogP contribution >= 0.6 is 0 Å². The molecule has 2 rings (SSSR count). The third kappa shape index (κ3) is 3.32. The Morgan fingerprint density at radius 1 is 1.12 bits per heavy atom. The summed E-state index contributed by atoms with van der Waals surface area (Å²) in [6.07, 6.45) is 6.16. The van der Waals surface area contributed by atoms with Gasteiger partial charge in [-0.2, -0.15) is 0 Å². The van der Waals surface area contributed by atoms with Crippen LogP contribution in [-0.2, 0) is 6.42 Å². The van der Waals surface area contributed by atoms with Gasteiger partial charge in [0.1, 0.15) is 0 Å². The molecule has 1 saturated carbocycles. The highest BCUT2D eigenvalue weighted by molar-refractivity contribution is 5.14. The van der Waals surface area contributed by atoms with Crippen LogP contribution in [0.5, 0.6) is 0 Å². The van der Waals surface area contributed by atoms with Gasteiger partial charge in [-0.1, -0.05) is 43.2 Å². The molecule has 0 amide bonds. The summed E-state index contributed by atoms with van der Waals surface area (Å²) in [5.41, 5.74) is 7.50. The molecule has 1 aromatic rings. The van der Waals surface area contributed by atoms with Crippen molar-refractivity contribution in [1.29, 1.82) is 0 Å². The van der Waals surface area contributed by atoms with Crippen molar-refractivity contribution < 1.29 is 0 Å². The summed E-state index contributed by atoms with van der Waals surface area (Å²) in [6, 6.07) is 11.5. The number of nitrogens with one attached hydrogen (secondary N) is 1. The minimum Gasteiger partial charge on any atom is -0.326 e. The Hall–Kier alpha value is -0.860. The molecule has 2 atom stereocenters. The van der Waals surface area contributed by atoms with Gasteiger partial charge in [-0.3, -0.25) is 0 Å². The number of hydrogen-bond acceptors (Lipinski definition) is 2. The van der Waals surface area contributed by atoms with E-state index in [2.05, 4.69) is 35.6 Å². The lowest BCUT2D eigenvalue weighted by atomic mass is 9.91. The van der Waals surface area contributed by atoms with Gasteiger partial charge in [-0.15, -0.1) is 0 Å². The standard InChI is InChI=1S/C14H22N2/c15-13-8-4-5-9-14(13)16-11-10-12-6-2-1-3-7-12/h1-3,6-7,13-14,16H,4-5,8-11,15H2/t13-,14+/m1/s1.